The van der Waals surface area contributed by atoms with E-state index in [4.69, 9.17) is 39.5 Å². The molecule has 0 unspecified atom stereocenters. The maximum atomic E-state index is 12.4. The van der Waals surface area contributed by atoms with Crippen LogP contribution in [0.2, 0.25) is 15.1 Å². The molecule has 4 aromatic rings. The normalized spacial score (nSPS) is 11.3. The van der Waals surface area contributed by atoms with Crippen molar-refractivity contribution in [1.82, 2.24) is 15.0 Å². The van der Waals surface area contributed by atoms with Crippen molar-refractivity contribution in [3.05, 3.63) is 80.8 Å². The molecule has 0 saturated heterocycles. The van der Waals surface area contributed by atoms with Crippen LogP contribution in [0.1, 0.15) is 11.1 Å². The molecule has 0 aliphatic heterocycles. The Balaban J connectivity index is 1.54. The molecule has 0 aliphatic carbocycles. The van der Waals surface area contributed by atoms with E-state index in [1.165, 1.54) is 18.0 Å². The van der Waals surface area contributed by atoms with Crippen LogP contribution < -0.4 is 10.1 Å². The van der Waals surface area contributed by atoms with Crippen molar-refractivity contribution in [3.63, 3.8) is 0 Å². The zero-order chi connectivity index (χ0) is 22.8. The first-order valence-corrected chi connectivity index (χ1v) is 10.6. The van der Waals surface area contributed by atoms with Crippen LogP contribution in [0, 0.1) is 6.92 Å². The summed E-state index contributed by atoms with van der Waals surface area (Å²) in [4.78, 5) is 13.9. The quantitative estimate of drug-likeness (QED) is 0.333. The fourth-order valence-electron chi connectivity index (χ4n) is 3.08. The SMILES string of the molecule is COc1c(Cl)cc(Cl)cc1C=CC(=O)Nc1ccc2nn(-c3ccc(C)c(Cl)c3)nc2c1. The van der Waals surface area contributed by atoms with Crippen molar-refractivity contribution in [3.8, 4) is 11.4 Å². The van der Waals surface area contributed by atoms with Gasteiger partial charge in [-0.2, -0.15) is 4.80 Å². The maximum Gasteiger partial charge on any atom is 0.248 e. The van der Waals surface area contributed by atoms with Crippen LogP contribution >= 0.6 is 34.8 Å². The lowest BCUT2D eigenvalue weighted by atomic mass is 10.2. The predicted molar refractivity (Wildman–Crippen MR) is 129 cm³/mol. The number of benzene rings is 3. The molecule has 6 nitrogen and oxygen atoms in total. The molecule has 0 radical (unpaired) electrons. The third-order valence-corrected chi connectivity index (χ3v) is 5.60. The van der Waals surface area contributed by atoms with Crippen LogP contribution in [0.3, 0.4) is 0 Å². The number of fused-ring (bicyclic) bond motifs is 1. The second-order valence-electron chi connectivity index (χ2n) is 6.96. The third-order valence-electron chi connectivity index (χ3n) is 4.69. The second kappa shape index (κ2) is 9.20. The van der Waals surface area contributed by atoms with E-state index in [9.17, 15) is 4.79 Å². The number of methoxy groups -OCH3 is 1. The molecule has 0 spiro atoms. The summed E-state index contributed by atoms with van der Waals surface area (Å²) in [6.07, 6.45) is 2.96. The summed E-state index contributed by atoms with van der Waals surface area (Å²) in [6, 6.07) is 14.1. The van der Waals surface area contributed by atoms with E-state index in [0.717, 1.165) is 11.3 Å². The standard InChI is InChI=1S/C23H17Cl3N4O2/c1-13-3-6-17(12-18(13)25)30-28-20-7-5-16(11-21(20)29-30)27-22(31)8-4-14-9-15(24)10-19(26)23(14)32-2/h3-12H,1-2H3,(H,27,31). The van der Waals surface area contributed by atoms with Crippen LogP contribution in [0.4, 0.5) is 5.69 Å². The van der Waals surface area contributed by atoms with Gasteiger partial charge in [-0.1, -0.05) is 40.9 Å². The molecule has 162 valence electrons. The predicted octanol–water partition coefficient (Wildman–Crippen LogP) is 6.35. The summed E-state index contributed by atoms with van der Waals surface area (Å²) in [5, 5.41) is 13.2. The van der Waals surface area contributed by atoms with Gasteiger partial charge < -0.3 is 10.1 Å². The monoisotopic (exact) mass is 486 g/mol. The fourth-order valence-corrected chi connectivity index (χ4v) is 3.84. The summed E-state index contributed by atoms with van der Waals surface area (Å²) in [5.74, 6) is 0.106. The number of aryl methyl sites for hydroxylation is 1. The third kappa shape index (κ3) is 4.72. The molecule has 1 heterocycles. The minimum absolute atomic E-state index is 0.333. The second-order valence-corrected chi connectivity index (χ2v) is 8.21. The van der Waals surface area contributed by atoms with Crippen LogP contribution in [-0.2, 0) is 4.79 Å². The molecule has 0 aliphatic rings. The van der Waals surface area contributed by atoms with Gasteiger partial charge in [0.25, 0.3) is 0 Å². The van der Waals surface area contributed by atoms with Crippen LogP contribution in [0.5, 0.6) is 5.75 Å². The Morgan fingerprint density at radius 2 is 1.78 bits per heavy atom. The Kier molecular flexibility index (Phi) is 6.37. The van der Waals surface area contributed by atoms with E-state index in [2.05, 4.69) is 15.5 Å². The fraction of sp³-hybridized carbons (Fsp3) is 0.0870. The highest BCUT2D eigenvalue weighted by Gasteiger charge is 2.10. The number of carbonyl (C=O) groups excluding carboxylic acids is 1. The van der Waals surface area contributed by atoms with Gasteiger partial charge >= 0.3 is 0 Å². The van der Waals surface area contributed by atoms with Crippen LogP contribution in [-0.4, -0.2) is 28.0 Å². The minimum Gasteiger partial charge on any atom is -0.495 e. The Hall–Kier alpha value is -3.06. The number of amides is 1. The number of halogens is 3. The first kappa shape index (κ1) is 22.1. The number of ether oxygens (including phenoxy) is 1. The first-order chi connectivity index (χ1) is 15.3. The highest BCUT2D eigenvalue weighted by atomic mass is 35.5. The van der Waals surface area contributed by atoms with E-state index >= 15 is 0 Å². The zero-order valence-corrected chi connectivity index (χ0v) is 19.3. The van der Waals surface area contributed by atoms with Crippen molar-refractivity contribution >= 4 is 63.5 Å². The van der Waals surface area contributed by atoms with Gasteiger partial charge in [0.2, 0.25) is 5.91 Å². The topological polar surface area (TPSA) is 69.0 Å². The highest BCUT2D eigenvalue weighted by Crippen LogP contribution is 2.33. The molecule has 0 fully saturated rings. The number of rotatable bonds is 5. The number of nitrogens with zero attached hydrogens (tertiary/aromatic N) is 3. The lowest BCUT2D eigenvalue weighted by Crippen LogP contribution is -2.07. The van der Waals surface area contributed by atoms with Gasteiger partial charge in [0.05, 0.1) is 17.8 Å². The van der Waals surface area contributed by atoms with Gasteiger partial charge in [-0.3, -0.25) is 4.79 Å². The Morgan fingerprint density at radius 1 is 1.00 bits per heavy atom. The molecule has 9 heteroatoms. The average Bonchev–Trinajstić information content (AvgIpc) is 3.17. The van der Waals surface area contributed by atoms with Gasteiger partial charge in [-0.15, -0.1) is 10.2 Å². The van der Waals surface area contributed by atoms with Crippen molar-refractivity contribution in [2.75, 3.05) is 12.4 Å². The molecular formula is C23H17Cl3N4O2. The number of hydrogen-bond donors (Lipinski definition) is 1. The van der Waals surface area contributed by atoms with Gasteiger partial charge in [-0.05, 0) is 61.0 Å². The smallest absolute Gasteiger partial charge is 0.248 e. The summed E-state index contributed by atoms with van der Waals surface area (Å²) in [5.41, 5.74) is 4.22. The van der Waals surface area contributed by atoms with Crippen molar-refractivity contribution in [2.24, 2.45) is 0 Å². The van der Waals surface area contributed by atoms with Crippen LogP contribution in [0.25, 0.3) is 22.8 Å². The van der Waals surface area contributed by atoms with Gasteiger partial charge in [-0.25, -0.2) is 0 Å². The number of anilines is 1. The summed E-state index contributed by atoms with van der Waals surface area (Å²) < 4.78 is 5.28. The first-order valence-electron chi connectivity index (χ1n) is 9.50. The number of hydrogen-bond acceptors (Lipinski definition) is 4. The Morgan fingerprint density at radius 3 is 2.53 bits per heavy atom. The van der Waals surface area contributed by atoms with E-state index in [1.807, 2.05) is 19.1 Å². The molecule has 0 atom stereocenters. The molecule has 1 N–H and O–H groups in total. The number of nitrogens with one attached hydrogen (secondary N) is 1. The summed E-state index contributed by atoms with van der Waals surface area (Å²) in [6.45, 7) is 1.93. The van der Waals surface area contributed by atoms with E-state index in [1.54, 1.807) is 42.5 Å². The van der Waals surface area contributed by atoms with Crippen LogP contribution in [0.15, 0.2) is 54.6 Å². The van der Waals surface area contributed by atoms with Crippen molar-refractivity contribution in [1.29, 1.82) is 0 Å². The average molecular weight is 488 g/mol. The summed E-state index contributed by atoms with van der Waals surface area (Å²) in [7, 11) is 1.50. The van der Waals surface area contributed by atoms with Gasteiger partial charge in [0, 0.05) is 27.4 Å². The molecule has 0 saturated carbocycles. The lowest BCUT2D eigenvalue weighted by Gasteiger charge is -2.08. The molecule has 1 aromatic heterocycles. The number of aromatic nitrogens is 3. The molecular weight excluding hydrogens is 471 g/mol. The number of carbonyl (C=O) groups is 1. The highest BCUT2D eigenvalue weighted by molar-refractivity contribution is 6.36. The largest absolute Gasteiger partial charge is 0.495 e. The molecule has 1 amide bonds. The minimum atomic E-state index is -0.333. The Bertz CT molecular complexity index is 1370. The maximum absolute atomic E-state index is 12.4. The molecule has 3 aromatic carbocycles. The van der Waals surface area contributed by atoms with E-state index in [-0.39, 0.29) is 5.91 Å². The van der Waals surface area contributed by atoms with Gasteiger partial charge in [0.1, 0.15) is 16.8 Å². The molecule has 32 heavy (non-hydrogen) atoms. The van der Waals surface area contributed by atoms with Gasteiger partial charge in [0.15, 0.2) is 0 Å². The molecule has 4 rings (SSSR count). The summed E-state index contributed by atoms with van der Waals surface area (Å²) >= 11 is 18.4. The van der Waals surface area contributed by atoms with Crippen molar-refractivity contribution in [2.45, 2.75) is 6.92 Å². The van der Waals surface area contributed by atoms with E-state index < -0.39 is 0 Å². The lowest BCUT2D eigenvalue weighted by molar-refractivity contribution is -0.111. The zero-order valence-electron chi connectivity index (χ0n) is 17.1. The van der Waals surface area contributed by atoms with E-state index in [0.29, 0.717) is 43.1 Å². The Labute approximate surface area is 199 Å². The molecule has 0 bridgehead atoms. The van der Waals surface area contributed by atoms with Crippen molar-refractivity contribution < 1.29 is 9.53 Å².